The number of nitrogens with one attached hydrogen (secondary N) is 2. The number of benzene rings is 2. The third-order valence-corrected chi connectivity index (χ3v) is 6.47. The van der Waals surface area contributed by atoms with Gasteiger partial charge in [-0.15, -0.1) is 0 Å². The molecule has 31 heavy (non-hydrogen) atoms. The van der Waals surface area contributed by atoms with Crippen molar-refractivity contribution in [2.24, 2.45) is 11.3 Å². The summed E-state index contributed by atoms with van der Waals surface area (Å²) < 4.78 is 19.1. The molecule has 0 radical (unpaired) electrons. The molecular formula is C24H28FN3O3. The van der Waals surface area contributed by atoms with Crippen molar-refractivity contribution in [3.8, 4) is 0 Å². The number of rotatable bonds is 4. The van der Waals surface area contributed by atoms with E-state index in [0.29, 0.717) is 44.8 Å². The molecule has 2 aromatic carbocycles. The molecule has 2 heterocycles. The van der Waals surface area contributed by atoms with Crippen LogP contribution in [0.1, 0.15) is 25.3 Å². The van der Waals surface area contributed by atoms with E-state index in [1.807, 2.05) is 31.2 Å². The predicted octanol–water partition coefficient (Wildman–Crippen LogP) is 4.29. The van der Waals surface area contributed by atoms with Crippen molar-refractivity contribution in [2.45, 2.75) is 26.2 Å². The van der Waals surface area contributed by atoms with Crippen LogP contribution < -0.4 is 10.6 Å². The molecule has 164 valence electrons. The van der Waals surface area contributed by atoms with Crippen molar-refractivity contribution in [1.82, 2.24) is 4.90 Å². The third-order valence-electron chi connectivity index (χ3n) is 6.47. The zero-order valence-corrected chi connectivity index (χ0v) is 17.7. The van der Waals surface area contributed by atoms with E-state index in [1.165, 1.54) is 12.1 Å². The topological polar surface area (TPSA) is 70.7 Å². The van der Waals surface area contributed by atoms with Crippen LogP contribution in [-0.2, 0) is 16.0 Å². The first-order chi connectivity index (χ1) is 15.0. The Balaban J connectivity index is 1.52. The first kappa shape index (κ1) is 21.3. The van der Waals surface area contributed by atoms with Gasteiger partial charge in [0, 0.05) is 43.1 Å². The van der Waals surface area contributed by atoms with E-state index < -0.39 is 5.82 Å². The Morgan fingerprint density at radius 1 is 1.13 bits per heavy atom. The Labute approximate surface area is 181 Å². The Hall–Kier alpha value is -2.93. The number of para-hydroxylation sites is 1. The van der Waals surface area contributed by atoms with Crippen LogP contribution >= 0.6 is 0 Å². The molecule has 0 aliphatic carbocycles. The lowest BCUT2D eigenvalue weighted by Crippen LogP contribution is -2.42. The van der Waals surface area contributed by atoms with Gasteiger partial charge in [0.05, 0.1) is 5.92 Å². The van der Waals surface area contributed by atoms with Crippen LogP contribution in [0.25, 0.3) is 0 Å². The lowest BCUT2D eigenvalue weighted by molar-refractivity contribution is -0.124. The van der Waals surface area contributed by atoms with Crippen molar-refractivity contribution in [1.29, 1.82) is 0 Å². The highest BCUT2D eigenvalue weighted by Crippen LogP contribution is 2.45. The molecule has 0 aromatic heterocycles. The maximum absolute atomic E-state index is 13.6. The molecule has 2 saturated heterocycles. The van der Waals surface area contributed by atoms with Gasteiger partial charge in [0.25, 0.3) is 0 Å². The monoisotopic (exact) mass is 425 g/mol. The van der Waals surface area contributed by atoms with E-state index in [1.54, 1.807) is 17.0 Å². The summed E-state index contributed by atoms with van der Waals surface area (Å²) in [7, 11) is 0. The summed E-state index contributed by atoms with van der Waals surface area (Å²) in [6, 6.07) is 13.4. The van der Waals surface area contributed by atoms with E-state index in [-0.39, 0.29) is 23.3 Å². The molecule has 2 aliphatic heterocycles. The highest BCUT2D eigenvalue weighted by molar-refractivity contribution is 5.95. The van der Waals surface area contributed by atoms with Gasteiger partial charge in [-0.05, 0) is 49.1 Å². The fourth-order valence-electron chi connectivity index (χ4n) is 4.71. The van der Waals surface area contributed by atoms with E-state index in [2.05, 4.69) is 10.6 Å². The summed E-state index contributed by atoms with van der Waals surface area (Å²) in [5.41, 5.74) is 1.95. The average Bonchev–Trinajstić information content (AvgIpc) is 3.13. The van der Waals surface area contributed by atoms with Crippen molar-refractivity contribution < 1.29 is 18.7 Å². The quantitative estimate of drug-likeness (QED) is 0.768. The lowest BCUT2D eigenvalue weighted by Gasteiger charge is -2.37. The smallest absolute Gasteiger partial charge is 0.321 e. The molecule has 7 heteroatoms. The summed E-state index contributed by atoms with van der Waals surface area (Å²) in [6.07, 6.45) is 2.24. The van der Waals surface area contributed by atoms with Crippen LogP contribution in [-0.4, -0.2) is 43.1 Å². The van der Waals surface area contributed by atoms with Gasteiger partial charge in [0.15, 0.2) is 0 Å². The minimum absolute atomic E-state index is 0.184. The summed E-state index contributed by atoms with van der Waals surface area (Å²) in [5, 5.41) is 5.86. The summed E-state index contributed by atoms with van der Waals surface area (Å²) in [4.78, 5) is 28.0. The number of ether oxygens (including phenoxy) is 1. The van der Waals surface area contributed by atoms with E-state index in [9.17, 15) is 14.0 Å². The van der Waals surface area contributed by atoms with Gasteiger partial charge in [0.2, 0.25) is 5.91 Å². The van der Waals surface area contributed by atoms with Crippen molar-refractivity contribution in [3.63, 3.8) is 0 Å². The molecule has 2 fully saturated rings. The SMILES string of the molecule is CCc1ccccc1NC(=O)N1C[C@H](C(=O)Nc2cccc(F)c2)C2(CCOCC2)C1. The maximum atomic E-state index is 13.6. The standard InChI is InChI=1S/C24H28FN3O3/c1-2-17-6-3-4-9-21(17)27-23(30)28-15-20(24(16-28)10-12-31-13-11-24)22(29)26-19-8-5-7-18(25)14-19/h3-9,14,20H,2,10-13,15-16H2,1H3,(H,26,29)(H,27,30)/t20-/m1/s1. The zero-order valence-electron chi connectivity index (χ0n) is 17.7. The van der Waals surface area contributed by atoms with E-state index in [0.717, 1.165) is 17.7 Å². The number of anilines is 2. The number of carbonyl (C=O) groups excluding carboxylic acids is 2. The van der Waals surface area contributed by atoms with Crippen LogP contribution in [0.15, 0.2) is 48.5 Å². The molecular weight excluding hydrogens is 397 g/mol. The normalized spacial score (nSPS) is 19.9. The molecule has 0 bridgehead atoms. The van der Waals surface area contributed by atoms with Gasteiger partial charge >= 0.3 is 6.03 Å². The van der Waals surface area contributed by atoms with Gasteiger partial charge in [0.1, 0.15) is 5.82 Å². The Morgan fingerprint density at radius 3 is 2.65 bits per heavy atom. The van der Waals surface area contributed by atoms with E-state index >= 15 is 0 Å². The van der Waals surface area contributed by atoms with Crippen LogP contribution in [0.4, 0.5) is 20.6 Å². The summed E-state index contributed by atoms with van der Waals surface area (Å²) in [5.74, 6) is -0.968. The number of halogens is 1. The highest BCUT2D eigenvalue weighted by Gasteiger charge is 2.51. The fraction of sp³-hybridized carbons (Fsp3) is 0.417. The van der Waals surface area contributed by atoms with E-state index in [4.69, 9.17) is 4.74 Å². The molecule has 1 spiro atoms. The van der Waals surface area contributed by atoms with Gasteiger partial charge in [-0.25, -0.2) is 9.18 Å². The molecule has 6 nitrogen and oxygen atoms in total. The first-order valence-electron chi connectivity index (χ1n) is 10.8. The summed E-state index contributed by atoms with van der Waals surface area (Å²) >= 11 is 0. The van der Waals surface area contributed by atoms with Crippen LogP contribution in [0, 0.1) is 17.2 Å². The molecule has 4 rings (SSSR count). The fourth-order valence-corrected chi connectivity index (χ4v) is 4.71. The van der Waals surface area contributed by atoms with Crippen LogP contribution in [0.2, 0.25) is 0 Å². The van der Waals surface area contributed by atoms with Gasteiger partial charge in [-0.1, -0.05) is 31.2 Å². The van der Waals surface area contributed by atoms with Gasteiger partial charge in [-0.3, -0.25) is 4.79 Å². The molecule has 0 unspecified atom stereocenters. The highest BCUT2D eigenvalue weighted by atomic mass is 19.1. The summed E-state index contributed by atoms with van der Waals surface area (Å²) in [6.45, 7) is 4.00. The third kappa shape index (κ3) is 4.56. The largest absolute Gasteiger partial charge is 0.381 e. The minimum Gasteiger partial charge on any atom is -0.381 e. The van der Waals surface area contributed by atoms with Gasteiger partial charge in [-0.2, -0.15) is 0 Å². The second-order valence-electron chi connectivity index (χ2n) is 8.35. The lowest BCUT2D eigenvalue weighted by atomic mass is 9.71. The second kappa shape index (κ2) is 9.06. The number of carbonyl (C=O) groups is 2. The predicted molar refractivity (Wildman–Crippen MR) is 117 cm³/mol. The number of hydrogen-bond acceptors (Lipinski definition) is 3. The maximum Gasteiger partial charge on any atom is 0.321 e. The number of hydrogen-bond donors (Lipinski definition) is 2. The molecule has 2 N–H and O–H groups in total. The second-order valence-corrected chi connectivity index (χ2v) is 8.35. The van der Waals surface area contributed by atoms with Gasteiger partial charge < -0.3 is 20.3 Å². The Morgan fingerprint density at radius 2 is 1.90 bits per heavy atom. The Bertz CT molecular complexity index is 959. The van der Waals surface area contributed by atoms with Crippen molar-refractivity contribution in [2.75, 3.05) is 36.9 Å². The minimum atomic E-state index is -0.402. The molecule has 1 atom stereocenters. The van der Waals surface area contributed by atoms with Crippen LogP contribution in [0.3, 0.4) is 0 Å². The number of amides is 3. The van der Waals surface area contributed by atoms with Crippen LogP contribution in [0.5, 0.6) is 0 Å². The Kier molecular flexibility index (Phi) is 6.23. The zero-order chi connectivity index (χ0) is 21.8. The first-order valence-corrected chi connectivity index (χ1v) is 10.8. The number of nitrogens with zero attached hydrogens (tertiary/aromatic N) is 1. The average molecular weight is 426 g/mol. The molecule has 3 amide bonds. The number of urea groups is 1. The molecule has 2 aliphatic rings. The molecule has 0 saturated carbocycles. The number of aryl methyl sites for hydroxylation is 1. The van der Waals surface area contributed by atoms with Crippen molar-refractivity contribution in [3.05, 3.63) is 59.9 Å². The molecule has 2 aromatic rings. The van der Waals surface area contributed by atoms with Crippen molar-refractivity contribution >= 4 is 23.3 Å². The number of likely N-dealkylation sites (tertiary alicyclic amines) is 1.